The van der Waals surface area contributed by atoms with Gasteiger partial charge in [-0.05, 0) is 109 Å². The van der Waals surface area contributed by atoms with Crippen molar-refractivity contribution in [3.63, 3.8) is 0 Å². The smallest absolute Gasteiger partial charge is 0.332 e. The number of benzene rings is 3. The van der Waals surface area contributed by atoms with Crippen LogP contribution in [-0.2, 0) is 4.57 Å². The van der Waals surface area contributed by atoms with E-state index in [4.69, 9.17) is 9.72 Å². The lowest BCUT2D eigenvalue weighted by Crippen LogP contribution is -2.49. The summed E-state index contributed by atoms with van der Waals surface area (Å²) in [6.07, 6.45) is 8.69. The highest BCUT2D eigenvalue weighted by Gasteiger charge is 2.26. The molecule has 15 nitrogen and oxygen atoms in total. The van der Waals surface area contributed by atoms with E-state index in [-0.39, 0.29) is 0 Å². The summed E-state index contributed by atoms with van der Waals surface area (Å²) in [5, 5.41) is 7.35. The highest BCUT2D eigenvalue weighted by atomic mass is 79.9. The topological polar surface area (TPSA) is 166 Å². The largest absolute Gasteiger partial charge is 0.494 e. The molecule has 0 amide bonds. The van der Waals surface area contributed by atoms with E-state index in [2.05, 4.69) is 92.4 Å². The lowest BCUT2D eigenvalue weighted by Gasteiger charge is -2.40. The van der Waals surface area contributed by atoms with E-state index in [1.807, 2.05) is 25.1 Å². The van der Waals surface area contributed by atoms with Crippen LogP contribution < -0.4 is 41.7 Å². The van der Waals surface area contributed by atoms with Crippen molar-refractivity contribution in [1.82, 2.24) is 34.4 Å². The molecular weight excluding hydrogens is 845 g/mol. The summed E-state index contributed by atoms with van der Waals surface area (Å²) in [6.45, 7) is 14.5. The van der Waals surface area contributed by atoms with Gasteiger partial charge in [-0.25, -0.2) is 9.78 Å². The third kappa shape index (κ3) is 8.81. The number of aromatic nitrogens is 6. The molecule has 2 aliphatic rings. The first-order valence-corrected chi connectivity index (χ1v) is 23.4. The Bertz CT molecular complexity index is 2720. The Morgan fingerprint density at radius 1 is 0.850 bits per heavy atom. The highest BCUT2D eigenvalue weighted by Crippen LogP contribution is 2.42. The predicted octanol–water partition coefficient (Wildman–Crippen LogP) is 6.42. The average Bonchev–Trinajstić information content (AvgIpc) is 3.22. The number of rotatable bonds is 11. The summed E-state index contributed by atoms with van der Waals surface area (Å²) < 4.78 is 21.5. The monoisotopic (exact) mass is 893 g/mol. The summed E-state index contributed by atoms with van der Waals surface area (Å²) in [5.74, 6) is 2.21. The average molecular weight is 895 g/mol. The zero-order valence-corrected chi connectivity index (χ0v) is 36.9. The number of H-pyrrole nitrogens is 1. The molecule has 60 heavy (non-hydrogen) atoms. The number of halogens is 1. The van der Waals surface area contributed by atoms with Gasteiger partial charge in [-0.3, -0.25) is 29.2 Å². The Kier molecular flexibility index (Phi) is 11.8. The van der Waals surface area contributed by atoms with Gasteiger partial charge in [-0.15, -0.1) is 0 Å². The standard InChI is InChI=1S/C43H49BrN11O4P/c1-27-22-30(6-9-35(27)55-17-12-38(56)50-43(55)57)53-15-10-29(11-16-53)26-52-18-20-54(21-19-52)36-24-37(59-3)34(23-28(36)2)49-42-47-25-31(44)41(51-42)48-33-8-7-32-39(46-14-13-45-32)40(33)60(4,5)58/h6-9,12-14,17,22-25,29H,10-11,15-16,18-21,26H2,1-5H3,(H,50,56,57)(H2,47,48,49,51). The van der Waals surface area contributed by atoms with Crippen LogP contribution in [0.4, 0.5) is 34.5 Å². The number of hydrogen-bond acceptors (Lipinski definition) is 13. The number of fused-ring (bicyclic) bond motifs is 1. The number of anilines is 6. The fraction of sp³-hybridized carbons (Fsp3) is 0.349. The Balaban J connectivity index is 0.876. The van der Waals surface area contributed by atoms with Crippen molar-refractivity contribution in [2.24, 2.45) is 5.92 Å². The molecule has 3 aromatic carbocycles. The number of nitrogens with zero attached hydrogens (tertiary/aromatic N) is 8. The number of piperidine rings is 1. The van der Waals surface area contributed by atoms with Crippen molar-refractivity contribution in [3.05, 3.63) is 110 Å². The molecule has 0 saturated carbocycles. The van der Waals surface area contributed by atoms with E-state index in [1.165, 1.54) is 16.8 Å². The van der Waals surface area contributed by atoms with Crippen molar-refractivity contribution in [2.45, 2.75) is 26.7 Å². The highest BCUT2D eigenvalue weighted by molar-refractivity contribution is 9.10. The van der Waals surface area contributed by atoms with Crippen LogP contribution in [0.25, 0.3) is 16.7 Å². The second-order valence-electron chi connectivity index (χ2n) is 15.9. The molecule has 0 bridgehead atoms. The molecule has 3 N–H and O–H groups in total. The van der Waals surface area contributed by atoms with Crippen LogP contribution in [0.15, 0.2) is 87.4 Å². The molecule has 2 aliphatic heterocycles. The van der Waals surface area contributed by atoms with Crippen LogP contribution in [0.3, 0.4) is 0 Å². The molecule has 2 saturated heterocycles. The fourth-order valence-corrected chi connectivity index (χ4v) is 10.0. The van der Waals surface area contributed by atoms with Crippen molar-refractivity contribution in [1.29, 1.82) is 0 Å². The van der Waals surface area contributed by atoms with Crippen molar-refractivity contribution in [3.8, 4) is 11.4 Å². The van der Waals surface area contributed by atoms with Crippen molar-refractivity contribution >= 4 is 73.9 Å². The number of methoxy groups -OCH3 is 1. The molecule has 0 radical (unpaired) electrons. The summed E-state index contributed by atoms with van der Waals surface area (Å²) in [7, 11) is -1.10. The number of hydrogen-bond donors (Lipinski definition) is 3. The van der Waals surface area contributed by atoms with Crippen LogP contribution >= 0.6 is 23.1 Å². The first-order valence-electron chi connectivity index (χ1n) is 20.0. The van der Waals surface area contributed by atoms with Crippen LogP contribution in [0.2, 0.25) is 0 Å². The number of aryl methyl sites for hydroxylation is 2. The van der Waals surface area contributed by atoms with Gasteiger partial charge in [-0.2, -0.15) is 4.98 Å². The van der Waals surface area contributed by atoms with Gasteiger partial charge in [0.25, 0.3) is 5.56 Å². The molecule has 0 atom stereocenters. The fourth-order valence-electron chi connectivity index (χ4n) is 8.34. The van der Waals surface area contributed by atoms with Gasteiger partial charge in [0, 0.05) is 94.1 Å². The quantitative estimate of drug-likeness (QED) is 0.122. The predicted molar refractivity (Wildman–Crippen MR) is 244 cm³/mol. The van der Waals surface area contributed by atoms with Crippen LogP contribution in [0.5, 0.6) is 5.75 Å². The minimum Gasteiger partial charge on any atom is -0.494 e. The molecule has 0 aliphatic carbocycles. The van der Waals surface area contributed by atoms with E-state index < -0.39 is 18.4 Å². The number of aromatic amines is 1. The molecular formula is C43H49BrN11O4P. The SMILES string of the molecule is COc1cc(N2CCN(CC3CCN(c4ccc(-n5ccc(=O)[nH]c5=O)c(C)c4)CC3)CC2)c(C)cc1Nc1ncc(Br)c(Nc2ccc3nccnc3c2P(C)(C)=O)n1. The zero-order valence-electron chi connectivity index (χ0n) is 34.4. The molecule has 8 rings (SSSR count). The van der Waals surface area contributed by atoms with Crippen LogP contribution in [0, 0.1) is 19.8 Å². The van der Waals surface area contributed by atoms with Crippen molar-refractivity contribution < 1.29 is 9.30 Å². The third-order valence-electron chi connectivity index (χ3n) is 11.4. The second kappa shape index (κ2) is 17.2. The van der Waals surface area contributed by atoms with E-state index in [9.17, 15) is 14.2 Å². The van der Waals surface area contributed by atoms with Crippen LogP contribution in [0.1, 0.15) is 24.0 Å². The van der Waals surface area contributed by atoms with Gasteiger partial charge < -0.3 is 29.7 Å². The lowest BCUT2D eigenvalue weighted by atomic mass is 9.95. The Morgan fingerprint density at radius 3 is 2.32 bits per heavy atom. The maximum Gasteiger partial charge on any atom is 0.332 e. The van der Waals surface area contributed by atoms with E-state index in [0.29, 0.717) is 49.9 Å². The van der Waals surface area contributed by atoms with Gasteiger partial charge in [0.15, 0.2) is 0 Å². The van der Waals surface area contributed by atoms with Crippen molar-refractivity contribution in [2.75, 3.05) is 86.7 Å². The first-order chi connectivity index (χ1) is 28.8. The van der Waals surface area contributed by atoms with Gasteiger partial charge >= 0.3 is 5.69 Å². The summed E-state index contributed by atoms with van der Waals surface area (Å²) in [6, 6.07) is 15.4. The minimum absolute atomic E-state index is 0.373. The summed E-state index contributed by atoms with van der Waals surface area (Å²) in [4.78, 5) is 51.9. The maximum atomic E-state index is 13.5. The zero-order chi connectivity index (χ0) is 42.1. The molecule has 5 heterocycles. The van der Waals surface area contributed by atoms with E-state index in [1.54, 1.807) is 39.0 Å². The van der Waals surface area contributed by atoms with Gasteiger partial charge in [0.1, 0.15) is 24.2 Å². The first kappa shape index (κ1) is 41.2. The third-order valence-corrected chi connectivity index (χ3v) is 13.5. The summed E-state index contributed by atoms with van der Waals surface area (Å²) in [5.41, 5.74) is 7.01. The van der Waals surface area contributed by atoms with E-state index in [0.717, 1.165) is 92.5 Å². The lowest BCUT2D eigenvalue weighted by molar-refractivity contribution is 0.201. The van der Waals surface area contributed by atoms with Crippen LogP contribution in [-0.4, -0.2) is 101 Å². The molecule has 312 valence electrons. The van der Waals surface area contributed by atoms with Gasteiger partial charge in [0.2, 0.25) is 5.95 Å². The maximum absolute atomic E-state index is 13.5. The molecule has 2 fully saturated rings. The molecule has 0 spiro atoms. The molecule has 6 aromatic rings. The van der Waals surface area contributed by atoms with E-state index >= 15 is 0 Å². The van der Waals surface area contributed by atoms with Gasteiger partial charge in [-0.1, -0.05) is 0 Å². The normalized spacial score (nSPS) is 15.4. The molecule has 17 heteroatoms. The Labute approximate surface area is 356 Å². The number of ether oxygens (including phenoxy) is 1. The summed E-state index contributed by atoms with van der Waals surface area (Å²) >= 11 is 3.58. The Morgan fingerprint density at radius 2 is 1.60 bits per heavy atom. The molecule has 0 unspecified atom stereocenters. The second-order valence-corrected chi connectivity index (χ2v) is 19.9. The molecule has 3 aromatic heterocycles. The van der Waals surface area contributed by atoms with Gasteiger partial charge in [0.05, 0.1) is 39.5 Å². The number of nitrogens with one attached hydrogen (secondary N) is 3. The number of piperazine rings is 1. The minimum atomic E-state index is -2.77. The Hall–Kier alpha value is -5.57.